The van der Waals surface area contributed by atoms with Crippen molar-refractivity contribution in [3.05, 3.63) is 52.7 Å². The molecule has 0 bridgehead atoms. The van der Waals surface area contributed by atoms with Gasteiger partial charge in [-0.25, -0.2) is 4.79 Å². The Kier molecular flexibility index (Phi) is 5.57. The highest BCUT2D eigenvalue weighted by Crippen LogP contribution is 2.33. The van der Waals surface area contributed by atoms with E-state index in [0.29, 0.717) is 17.9 Å². The molecule has 0 atom stereocenters. The number of carbonyl (C=O) groups is 1. The maximum absolute atomic E-state index is 12.8. The molecule has 1 aromatic heterocycles. The molecule has 0 unspecified atom stereocenters. The first-order valence-electron chi connectivity index (χ1n) is 8.99. The summed E-state index contributed by atoms with van der Waals surface area (Å²) in [6.07, 6.45) is 8.91. The van der Waals surface area contributed by atoms with E-state index in [0.717, 1.165) is 37.8 Å². The van der Waals surface area contributed by atoms with Crippen LogP contribution in [0, 0.1) is 17.2 Å². The number of hydrogen-bond acceptors (Lipinski definition) is 4. The second kappa shape index (κ2) is 8.05. The Morgan fingerprint density at radius 1 is 1.19 bits per heavy atom. The third kappa shape index (κ3) is 3.88. The summed E-state index contributed by atoms with van der Waals surface area (Å²) < 4.78 is 8.13. The summed E-state index contributed by atoms with van der Waals surface area (Å²) in [5, 5.41) is 8.88. The van der Waals surface area contributed by atoms with E-state index in [-0.39, 0.29) is 17.7 Å². The van der Waals surface area contributed by atoms with Gasteiger partial charge in [-0.1, -0.05) is 0 Å². The van der Waals surface area contributed by atoms with Crippen LogP contribution >= 0.6 is 0 Å². The van der Waals surface area contributed by atoms with Gasteiger partial charge in [0.15, 0.2) is 0 Å². The Morgan fingerprint density at radius 2 is 1.88 bits per heavy atom. The van der Waals surface area contributed by atoms with Crippen LogP contribution < -0.4 is 5.69 Å². The summed E-state index contributed by atoms with van der Waals surface area (Å²) in [5.41, 5.74) is 1.29. The fourth-order valence-electron chi connectivity index (χ4n) is 3.70. The van der Waals surface area contributed by atoms with Crippen LogP contribution in [0.3, 0.4) is 0 Å². The van der Waals surface area contributed by atoms with E-state index in [1.807, 2.05) is 10.8 Å². The quantitative estimate of drug-likeness (QED) is 0.774. The molecule has 26 heavy (non-hydrogen) atoms. The molecule has 0 radical (unpaired) electrons. The molecule has 0 saturated heterocycles. The molecule has 136 valence electrons. The molecule has 1 heterocycles. The number of rotatable bonds is 5. The minimum Gasteiger partial charge on any atom is -0.469 e. The van der Waals surface area contributed by atoms with Gasteiger partial charge < -0.3 is 4.74 Å². The number of ether oxygens (including phenoxy) is 1. The molecule has 6 heteroatoms. The third-order valence-corrected chi connectivity index (χ3v) is 5.27. The van der Waals surface area contributed by atoms with Gasteiger partial charge in [0.25, 0.3) is 0 Å². The number of nitrogens with zero attached hydrogens (tertiary/aromatic N) is 3. The van der Waals surface area contributed by atoms with E-state index in [2.05, 4.69) is 6.07 Å². The Hall–Kier alpha value is -2.81. The van der Waals surface area contributed by atoms with E-state index in [1.54, 1.807) is 35.0 Å². The molecule has 2 aromatic rings. The van der Waals surface area contributed by atoms with Crippen molar-refractivity contribution in [2.75, 3.05) is 7.11 Å². The van der Waals surface area contributed by atoms with E-state index < -0.39 is 0 Å². The van der Waals surface area contributed by atoms with Crippen LogP contribution in [0.2, 0.25) is 0 Å². The van der Waals surface area contributed by atoms with Gasteiger partial charge in [-0.2, -0.15) is 5.26 Å². The van der Waals surface area contributed by atoms with Crippen molar-refractivity contribution in [1.82, 2.24) is 9.13 Å². The smallest absolute Gasteiger partial charge is 0.332 e. The van der Waals surface area contributed by atoms with Crippen molar-refractivity contribution >= 4 is 5.97 Å². The van der Waals surface area contributed by atoms with Crippen molar-refractivity contribution in [3.63, 3.8) is 0 Å². The highest BCUT2D eigenvalue weighted by atomic mass is 16.5. The first kappa shape index (κ1) is 18.0. The van der Waals surface area contributed by atoms with E-state index >= 15 is 0 Å². The summed E-state index contributed by atoms with van der Waals surface area (Å²) in [6, 6.07) is 9.29. The van der Waals surface area contributed by atoms with Gasteiger partial charge in [0.1, 0.15) is 0 Å². The normalized spacial score (nSPS) is 19.7. The number of carbonyl (C=O) groups excluding carboxylic acids is 1. The van der Waals surface area contributed by atoms with Gasteiger partial charge in [-0.3, -0.25) is 13.9 Å². The lowest BCUT2D eigenvalue weighted by Crippen LogP contribution is -2.29. The zero-order chi connectivity index (χ0) is 18.5. The number of benzene rings is 1. The number of hydrogen-bond donors (Lipinski definition) is 0. The minimum atomic E-state index is -0.150. The Bertz CT molecular complexity index is 850. The Morgan fingerprint density at radius 3 is 2.50 bits per heavy atom. The highest BCUT2D eigenvalue weighted by Gasteiger charge is 2.24. The van der Waals surface area contributed by atoms with Gasteiger partial charge >= 0.3 is 11.7 Å². The first-order valence-corrected chi connectivity index (χ1v) is 8.99. The zero-order valence-electron chi connectivity index (χ0n) is 14.9. The monoisotopic (exact) mass is 353 g/mol. The van der Waals surface area contributed by atoms with E-state index in [9.17, 15) is 9.59 Å². The predicted octanol–water partition coefficient (Wildman–Crippen LogP) is 3.20. The fraction of sp³-hybridized carbons (Fsp3) is 0.450. The molecule has 3 rings (SSSR count). The summed E-state index contributed by atoms with van der Waals surface area (Å²) in [7, 11) is 1.42. The summed E-state index contributed by atoms with van der Waals surface area (Å²) in [6.45, 7) is 0. The molecule has 1 saturated carbocycles. The molecular formula is C20H23N3O3. The third-order valence-electron chi connectivity index (χ3n) is 5.27. The molecule has 0 amide bonds. The molecule has 1 aliphatic carbocycles. The molecule has 0 N–H and O–H groups in total. The van der Waals surface area contributed by atoms with Gasteiger partial charge in [0, 0.05) is 24.9 Å². The molecule has 0 aliphatic heterocycles. The van der Waals surface area contributed by atoms with E-state index in [4.69, 9.17) is 10.00 Å². The fourth-order valence-corrected chi connectivity index (χ4v) is 3.70. The second-order valence-electron chi connectivity index (χ2n) is 6.81. The van der Waals surface area contributed by atoms with Crippen LogP contribution in [0.5, 0.6) is 0 Å². The number of nitriles is 1. The lowest BCUT2D eigenvalue weighted by atomic mass is 9.83. The Labute approximate surface area is 152 Å². The van der Waals surface area contributed by atoms with Crippen molar-refractivity contribution < 1.29 is 9.53 Å². The molecular weight excluding hydrogens is 330 g/mol. The number of imidazole rings is 1. The van der Waals surface area contributed by atoms with Crippen molar-refractivity contribution in [2.24, 2.45) is 5.92 Å². The zero-order valence-corrected chi connectivity index (χ0v) is 14.9. The average Bonchev–Trinajstić information content (AvgIpc) is 3.08. The van der Waals surface area contributed by atoms with Crippen LogP contribution in [0.1, 0.15) is 50.1 Å². The van der Waals surface area contributed by atoms with Gasteiger partial charge in [0.05, 0.1) is 24.4 Å². The van der Waals surface area contributed by atoms with Gasteiger partial charge in [-0.05, 0) is 62.3 Å². The van der Waals surface area contributed by atoms with Crippen molar-refractivity contribution in [3.8, 4) is 11.8 Å². The van der Waals surface area contributed by atoms with Crippen molar-refractivity contribution in [2.45, 2.75) is 44.6 Å². The minimum absolute atomic E-state index is 0.0484. The second-order valence-corrected chi connectivity index (χ2v) is 6.81. The summed E-state index contributed by atoms with van der Waals surface area (Å²) in [4.78, 5) is 24.0. The maximum atomic E-state index is 12.8. The number of methoxy groups -OCH3 is 1. The van der Waals surface area contributed by atoms with Crippen LogP contribution in [0.25, 0.3) is 5.69 Å². The highest BCUT2D eigenvalue weighted by molar-refractivity contribution is 5.69. The molecule has 1 aromatic carbocycles. The SMILES string of the molecule is COC(=O)CC[C@H]1CC[C@@H](n2ccn(-c3ccc(C#N)cc3)c2=O)CC1. The molecule has 0 spiro atoms. The van der Waals surface area contributed by atoms with Crippen LogP contribution in [-0.2, 0) is 9.53 Å². The summed E-state index contributed by atoms with van der Waals surface area (Å²) >= 11 is 0. The number of aromatic nitrogens is 2. The lowest BCUT2D eigenvalue weighted by molar-refractivity contribution is -0.141. The standard InChI is InChI=1S/C20H23N3O3/c1-26-19(24)11-6-15-2-7-17(8-3-15)22-12-13-23(20(22)25)18-9-4-16(14-21)5-10-18/h4-5,9-10,12-13,15,17H,2-3,6-8,11H2,1H3/t15-,17+. The number of esters is 1. The van der Waals surface area contributed by atoms with Gasteiger partial charge in [-0.15, -0.1) is 0 Å². The van der Waals surface area contributed by atoms with Crippen LogP contribution in [0.15, 0.2) is 41.5 Å². The first-order chi connectivity index (χ1) is 12.6. The average molecular weight is 353 g/mol. The molecule has 1 fully saturated rings. The van der Waals surface area contributed by atoms with E-state index in [1.165, 1.54) is 7.11 Å². The summed E-state index contributed by atoms with van der Waals surface area (Å²) in [5.74, 6) is 0.379. The predicted molar refractivity (Wildman–Crippen MR) is 97.0 cm³/mol. The van der Waals surface area contributed by atoms with Crippen LogP contribution in [0.4, 0.5) is 0 Å². The lowest BCUT2D eigenvalue weighted by Gasteiger charge is -2.28. The molecule has 1 aliphatic rings. The van der Waals surface area contributed by atoms with Crippen LogP contribution in [-0.4, -0.2) is 22.2 Å². The van der Waals surface area contributed by atoms with Gasteiger partial charge in [0.2, 0.25) is 0 Å². The Balaban J connectivity index is 1.65. The largest absolute Gasteiger partial charge is 0.469 e. The molecule has 6 nitrogen and oxygen atoms in total. The van der Waals surface area contributed by atoms with Crippen molar-refractivity contribution in [1.29, 1.82) is 5.26 Å². The topological polar surface area (TPSA) is 77.0 Å². The maximum Gasteiger partial charge on any atom is 0.332 e.